The number of rotatable bonds is 13. The number of thiazole rings is 1. The van der Waals surface area contributed by atoms with Crippen LogP contribution < -0.4 is 27.3 Å². The van der Waals surface area contributed by atoms with Gasteiger partial charge in [-0.2, -0.15) is 13.5 Å². The van der Waals surface area contributed by atoms with Gasteiger partial charge in [-0.05, 0) is 76.1 Å². The highest BCUT2D eigenvalue weighted by molar-refractivity contribution is 7.80. The molecule has 0 radical (unpaired) electrons. The summed E-state index contributed by atoms with van der Waals surface area (Å²) < 4.78 is 47.1. The molecule has 2 fully saturated rings. The minimum Gasteiger partial charge on any atom is -0.485 e. The minimum absolute atomic E-state index is 0.0575. The topological polar surface area (TPSA) is 294 Å². The minimum atomic E-state index is -5.03. The largest absolute Gasteiger partial charge is 0.485 e. The predicted octanol–water partition coefficient (Wildman–Crippen LogP) is 0.125. The summed E-state index contributed by atoms with van der Waals surface area (Å²) in [5, 5.41) is 18.1. The number of amides is 2. The number of anilines is 1. The number of fused-ring (bicyclic) bond motifs is 1. The summed E-state index contributed by atoms with van der Waals surface area (Å²) in [6.07, 6.45) is 0.998. The number of hydroxylamine groups is 2. The number of aryl methyl sites for hydroxylation is 1. The summed E-state index contributed by atoms with van der Waals surface area (Å²) in [4.78, 5) is 52.7. The molecule has 5 rings (SSSR count). The van der Waals surface area contributed by atoms with Crippen molar-refractivity contribution in [3.05, 3.63) is 40.4 Å². The maximum absolute atomic E-state index is 13.4. The summed E-state index contributed by atoms with van der Waals surface area (Å²) in [7, 11) is -3.41. The van der Waals surface area contributed by atoms with Crippen LogP contribution in [0, 0.1) is 0 Å². The average molecular weight is 753 g/mol. The van der Waals surface area contributed by atoms with Gasteiger partial charge >= 0.3 is 16.4 Å². The molecule has 0 bridgehead atoms. The first kappa shape index (κ1) is 37.8. The molecule has 0 spiro atoms. The van der Waals surface area contributed by atoms with Crippen LogP contribution in [0.4, 0.5) is 5.13 Å². The summed E-state index contributed by atoms with van der Waals surface area (Å²) in [6.45, 7) is 3.15. The van der Waals surface area contributed by atoms with Crippen LogP contribution >= 0.6 is 11.3 Å². The Morgan fingerprint density at radius 2 is 1.96 bits per heavy atom. The first-order chi connectivity index (χ1) is 23.9. The number of benzene rings is 1. The average Bonchev–Trinajstić information content (AvgIpc) is 3.50. The number of aliphatic imine (C=N–C) groups is 1. The first-order valence-corrected chi connectivity index (χ1v) is 18.1. The van der Waals surface area contributed by atoms with Crippen molar-refractivity contribution < 1.29 is 51.1 Å². The first-order valence-electron chi connectivity index (χ1n) is 15.8. The Kier molecular flexibility index (Phi) is 10.9. The molecule has 3 aliphatic rings. The lowest BCUT2D eigenvalue weighted by atomic mass is 9.80. The van der Waals surface area contributed by atoms with Gasteiger partial charge in [-0.1, -0.05) is 5.16 Å². The second-order valence-corrected chi connectivity index (χ2v) is 15.0. The molecule has 1 aromatic heterocycles. The van der Waals surface area contributed by atoms with Gasteiger partial charge in [0.1, 0.15) is 29.4 Å². The van der Waals surface area contributed by atoms with Crippen molar-refractivity contribution >= 4 is 56.2 Å². The molecule has 1 aromatic carbocycles. The summed E-state index contributed by atoms with van der Waals surface area (Å²) in [5.74, 6) is -2.70. The number of β-lactam (4-membered cyclic amide) rings is 1. The van der Waals surface area contributed by atoms with E-state index in [1.54, 1.807) is 19.2 Å². The van der Waals surface area contributed by atoms with Crippen LogP contribution in [0.2, 0.25) is 0 Å². The molecule has 1 saturated carbocycles. The third kappa shape index (κ3) is 8.39. The summed E-state index contributed by atoms with van der Waals surface area (Å²) in [6, 6.07) is 4.02. The third-order valence-corrected chi connectivity index (χ3v) is 10.0. The van der Waals surface area contributed by atoms with Gasteiger partial charge < -0.3 is 41.9 Å². The van der Waals surface area contributed by atoms with Crippen molar-refractivity contribution in [3.63, 3.8) is 0 Å². The fourth-order valence-corrected chi connectivity index (χ4v) is 7.24. The van der Waals surface area contributed by atoms with Crippen molar-refractivity contribution in [1.29, 1.82) is 0 Å². The highest BCUT2D eigenvalue weighted by atomic mass is 32.3. The summed E-state index contributed by atoms with van der Waals surface area (Å²) in [5.41, 5.74) is 17.3. The van der Waals surface area contributed by atoms with E-state index in [-0.39, 0.29) is 23.3 Å². The quantitative estimate of drug-likeness (QED) is 0.0521. The van der Waals surface area contributed by atoms with Crippen LogP contribution in [0.5, 0.6) is 5.75 Å². The number of hydrogen-bond acceptors (Lipinski definition) is 15. The van der Waals surface area contributed by atoms with Crippen LogP contribution in [0.25, 0.3) is 0 Å². The Labute approximate surface area is 297 Å². The number of aliphatic carboxylic acids is 1. The number of carbonyl (C=O) groups excluding carboxylic acids is 2. The van der Waals surface area contributed by atoms with Gasteiger partial charge in [0.05, 0.1) is 17.7 Å². The third-order valence-electron chi connectivity index (χ3n) is 9.00. The number of methoxy groups -OCH3 is 1. The van der Waals surface area contributed by atoms with E-state index in [0.717, 1.165) is 42.6 Å². The van der Waals surface area contributed by atoms with Crippen LogP contribution in [-0.2, 0) is 45.1 Å². The van der Waals surface area contributed by atoms with E-state index in [0.29, 0.717) is 35.2 Å². The maximum atomic E-state index is 13.4. The monoisotopic (exact) mass is 752 g/mol. The Balaban J connectivity index is 1.32. The molecule has 9 N–H and O–H groups in total. The fraction of sp³-hybridized carbons (Fsp3) is 0.533. The number of nitrogen functional groups attached to an aromatic ring is 1. The molecular formula is C30H40N8O11S2. The number of amidine groups is 1. The van der Waals surface area contributed by atoms with Gasteiger partial charge in [-0.3, -0.25) is 19.1 Å². The number of nitrogens with zero attached hydrogens (tertiary/aromatic N) is 4. The number of carbonyl (C=O) groups is 3. The Morgan fingerprint density at radius 3 is 2.55 bits per heavy atom. The number of carboxylic acids is 1. The van der Waals surface area contributed by atoms with Crippen LogP contribution in [-0.4, -0.2) is 107 Å². The van der Waals surface area contributed by atoms with E-state index in [4.69, 9.17) is 41.1 Å². The molecule has 19 nitrogen and oxygen atoms in total. The number of oxime groups is 1. The zero-order chi connectivity index (χ0) is 37.3. The molecule has 2 aliphatic heterocycles. The number of ether oxygens (including phenoxy) is 2. The van der Waals surface area contributed by atoms with Gasteiger partial charge in [-0.25, -0.2) is 9.78 Å². The zero-order valence-electron chi connectivity index (χ0n) is 28.0. The Morgan fingerprint density at radius 1 is 1.25 bits per heavy atom. The van der Waals surface area contributed by atoms with Crippen molar-refractivity contribution in [1.82, 2.24) is 15.4 Å². The van der Waals surface area contributed by atoms with Crippen LogP contribution in [0.15, 0.2) is 33.7 Å². The molecule has 1 unspecified atom stereocenters. The van der Waals surface area contributed by atoms with E-state index < -0.39 is 63.2 Å². The lowest BCUT2D eigenvalue weighted by molar-refractivity contribution is -0.218. The van der Waals surface area contributed by atoms with Crippen molar-refractivity contribution in [2.45, 2.75) is 87.7 Å². The lowest BCUT2D eigenvalue weighted by Gasteiger charge is -2.50. The van der Waals surface area contributed by atoms with Gasteiger partial charge in [0.2, 0.25) is 0 Å². The smallest absolute Gasteiger partial charge is 0.418 e. The van der Waals surface area contributed by atoms with Crippen LogP contribution in [0.1, 0.15) is 62.8 Å². The van der Waals surface area contributed by atoms with Crippen molar-refractivity contribution in [2.75, 3.05) is 19.5 Å². The second kappa shape index (κ2) is 14.7. The number of carboxylic acid groups (broad SMARTS) is 1. The predicted molar refractivity (Wildman–Crippen MR) is 182 cm³/mol. The highest BCUT2D eigenvalue weighted by Crippen LogP contribution is 2.35. The molecule has 3 heterocycles. The molecule has 1 saturated heterocycles. The van der Waals surface area contributed by atoms with Crippen molar-refractivity contribution in [3.8, 4) is 5.75 Å². The second-order valence-electron chi connectivity index (χ2n) is 13.1. The molecule has 3 atom stereocenters. The SMILES string of the molecule is COCC1(N=C(N)c2ccc3c(c2)CC[C@H](C(O/N=C(\C(=O)N[C@@H]2C(=O)N(OS(=O)(=O)O)C2(C)C)c2csc(N)n2)C(=O)O)O3)CCC(N)CC1. The van der Waals surface area contributed by atoms with E-state index in [9.17, 15) is 27.9 Å². The molecule has 51 heavy (non-hydrogen) atoms. The number of aromatic nitrogens is 1. The van der Waals surface area contributed by atoms with E-state index in [1.165, 1.54) is 19.2 Å². The molecule has 2 amide bonds. The molecule has 278 valence electrons. The van der Waals surface area contributed by atoms with Crippen molar-refractivity contribution in [2.24, 2.45) is 21.6 Å². The van der Waals surface area contributed by atoms with E-state index in [1.807, 2.05) is 6.07 Å². The standard InChI is InChI=1S/C30H40N8O11S2/c1-29(2)23(26(40)38(29)49-51(43,44)45)35-25(39)21(18-13-50-28(33)34-18)37-48-22(27(41)42)20-7-4-15-12-16(5-6-19(15)47-20)24(32)36-30(14-46-3)10-8-17(31)9-11-30/h5-6,12-13,17,20,22-23H,4,7-11,14,31H2,1-3H3,(H2,32,36)(H2,33,34)(H,35,39)(H,41,42)(H,43,44,45)/b37-21-/t17?,20-,22?,23-,30?/m1/s1. The zero-order valence-corrected chi connectivity index (χ0v) is 29.6. The maximum Gasteiger partial charge on any atom is 0.418 e. The molecule has 21 heteroatoms. The molecular weight excluding hydrogens is 713 g/mol. The fourth-order valence-electron chi connectivity index (χ4n) is 6.24. The van der Waals surface area contributed by atoms with Crippen LogP contribution in [0.3, 0.4) is 0 Å². The summed E-state index contributed by atoms with van der Waals surface area (Å²) >= 11 is 0.963. The number of hydrogen-bond donors (Lipinski definition) is 6. The Hall–Kier alpha value is -4.41. The van der Waals surface area contributed by atoms with Gasteiger partial charge in [0.25, 0.3) is 17.9 Å². The highest BCUT2D eigenvalue weighted by Gasteiger charge is 2.58. The van der Waals surface area contributed by atoms with E-state index in [2.05, 4.69) is 19.7 Å². The van der Waals surface area contributed by atoms with Gasteiger partial charge in [0.15, 0.2) is 10.8 Å². The normalized spacial score (nSPS) is 25.6. The number of nitrogens with two attached hydrogens (primary N) is 3. The number of nitrogens with one attached hydrogen (secondary N) is 1. The van der Waals surface area contributed by atoms with Gasteiger partial charge in [-0.15, -0.1) is 15.6 Å². The van der Waals surface area contributed by atoms with E-state index >= 15 is 0 Å². The lowest BCUT2D eigenvalue weighted by Crippen LogP contribution is -2.76. The molecule has 2 aromatic rings. The Bertz CT molecular complexity index is 1840. The van der Waals surface area contributed by atoms with Gasteiger partial charge in [0, 0.05) is 24.1 Å². The molecule has 1 aliphatic carbocycles.